The lowest BCUT2D eigenvalue weighted by Gasteiger charge is -2.60. The highest BCUT2D eigenvalue weighted by atomic mass is 31.2. The zero-order valence-corrected chi connectivity index (χ0v) is 27.6. The zero-order valence-electron chi connectivity index (χ0n) is 26.7. The van der Waals surface area contributed by atoms with E-state index in [9.17, 15) is 4.79 Å². The summed E-state index contributed by atoms with van der Waals surface area (Å²) in [6, 6.07) is 32.8. The Morgan fingerprint density at radius 1 is 0.674 bits per heavy atom. The Morgan fingerprint density at radius 2 is 1.15 bits per heavy atom. The summed E-state index contributed by atoms with van der Waals surface area (Å²) in [5.41, 5.74) is 0. The molecule has 4 bridgehead atoms. The minimum atomic E-state index is -1.89. The number of carbonyl (C=O) groups is 1. The molecule has 3 aromatic rings. The predicted octanol–water partition coefficient (Wildman–Crippen LogP) is 6.83. The molecule has 1 N–H and O–H groups in total. The van der Waals surface area contributed by atoms with E-state index >= 15 is 0 Å². The van der Waals surface area contributed by atoms with Crippen molar-refractivity contribution in [2.75, 3.05) is 12.7 Å². The van der Waals surface area contributed by atoms with Crippen LogP contribution in [0.4, 0.5) is 0 Å². The van der Waals surface area contributed by atoms with Gasteiger partial charge in [0.1, 0.15) is 23.2 Å². The third-order valence-corrected chi connectivity index (χ3v) is 16.4. The SMILES string of the molecule is O=C(CC1CCC2(CC1)OOC1(OO2)C2CC3CC(C2)CC1C3)NCCC[P+](c1ccccc1)(c1ccccc1)c1ccccc1. The number of nitrogens with one attached hydrogen (secondary N) is 1. The Bertz CT molecular complexity index is 1340. The van der Waals surface area contributed by atoms with Crippen LogP contribution in [0.5, 0.6) is 0 Å². The molecule has 5 aliphatic carbocycles. The maximum absolute atomic E-state index is 13.1. The largest absolute Gasteiger partial charge is 0.356 e. The average molecular weight is 641 g/mol. The fourth-order valence-electron chi connectivity index (χ4n) is 9.67. The molecule has 6 aliphatic rings. The third-order valence-electron chi connectivity index (χ3n) is 11.8. The van der Waals surface area contributed by atoms with E-state index in [1.54, 1.807) is 0 Å². The molecule has 0 unspecified atom stereocenters. The molecule has 7 heteroatoms. The van der Waals surface area contributed by atoms with Crippen LogP contribution in [0.1, 0.15) is 70.6 Å². The zero-order chi connectivity index (χ0) is 31.0. The lowest BCUT2D eigenvalue weighted by atomic mass is 9.53. The van der Waals surface area contributed by atoms with E-state index in [1.165, 1.54) is 22.3 Å². The molecule has 5 saturated carbocycles. The van der Waals surface area contributed by atoms with E-state index in [2.05, 4.69) is 96.3 Å². The van der Waals surface area contributed by atoms with Crippen LogP contribution in [0.15, 0.2) is 91.0 Å². The second-order valence-corrected chi connectivity index (χ2v) is 18.3. The van der Waals surface area contributed by atoms with Gasteiger partial charge in [-0.2, -0.15) is 19.6 Å². The van der Waals surface area contributed by atoms with Gasteiger partial charge in [0.05, 0.1) is 6.16 Å². The summed E-state index contributed by atoms with van der Waals surface area (Å²) in [7, 11) is -1.89. The van der Waals surface area contributed by atoms with E-state index in [0.717, 1.165) is 62.9 Å². The number of benzene rings is 3. The molecule has 2 spiro atoms. The Labute approximate surface area is 273 Å². The van der Waals surface area contributed by atoms with E-state index in [-0.39, 0.29) is 5.91 Å². The Balaban J connectivity index is 0.849. The number of rotatable bonds is 9. The summed E-state index contributed by atoms with van der Waals surface area (Å²) in [5, 5.41) is 7.40. The molecule has 0 radical (unpaired) electrons. The molecular formula is C39H47NO5P+. The molecule has 6 fully saturated rings. The van der Waals surface area contributed by atoms with Crippen molar-refractivity contribution in [1.82, 2.24) is 5.32 Å². The summed E-state index contributed by atoms with van der Waals surface area (Å²) in [6.07, 6.45) is 11.5. The van der Waals surface area contributed by atoms with Crippen LogP contribution in [-0.4, -0.2) is 30.2 Å². The first-order valence-electron chi connectivity index (χ1n) is 17.6. The van der Waals surface area contributed by atoms with Gasteiger partial charge in [-0.15, -0.1) is 0 Å². The minimum absolute atomic E-state index is 0.134. The van der Waals surface area contributed by atoms with Crippen molar-refractivity contribution >= 4 is 29.1 Å². The summed E-state index contributed by atoms with van der Waals surface area (Å²) in [6.45, 7) is 0.670. The van der Waals surface area contributed by atoms with Crippen LogP contribution in [0.3, 0.4) is 0 Å². The monoisotopic (exact) mass is 640 g/mol. The van der Waals surface area contributed by atoms with Crippen LogP contribution in [0, 0.1) is 29.6 Å². The lowest BCUT2D eigenvalue weighted by Crippen LogP contribution is -2.64. The lowest BCUT2D eigenvalue weighted by molar-refractivity contribution is -0.680. The maximum atomic E-state index is 13.1. The van der Waals surface area contributed by atoms with E-state index in [1.807, 2.05) is 0 Å². The Kier molecular flexibility index (Phi) is 8.54. The number of amides is 1. The predicted molar refractivity (Wildman–Crippen MR) is 181 cm³/mol. The highest BCUT2D eigenvalue weighted by Gasteiger charge is 2.64. The van der Waals surface area contributed by atoms with Crippen molar-refractivity contribution < 1.29 is 24.3 Å². The van der Waals surface area contributed by atoms with E-state index in [0.29, 0.717) is 43.6 Å². The Morgan fingerprint density at radius 3 is 1.63 bits per heavy atom. The molecule has 0 aromatic heterocycles. The van der Waals surface area contributed by atoms with E-state index in [4.69, 9.17) is 19.6 Å². The Hall–Kier alpha value is -2.60. The molecular weight excluding hydrogens is 593 g/mol. The van der Waals surface area contributed by atoms with Gasteiger partial charge in [0, 0.05) is 37.6 Å². The van der Waals surface area contributed by atoms with Crippen LogP contribution in [0.2, 0.25) is 0 Å². The highest BCUT2D eigenvalue weighted by molar-refractivity contribution is 7.95. The maximum Gasteiger partial charge on any atom is 0.239 e. The molecule has 46 heavy (non-hydrogen) atoms. The normalized spacial score (nSPS) is 33.3. The van der Waals surface area contributed by atoms with Gasteiger partial charge in [0.25, 0.3) is 0 Å². The summed E-state index contributed by atoms with van der Waals surface area (Å²) >= 11 is 0. The molecule has 1 heterocycles. The van der Waals surface area contributed by atoms with Crippen molar-refractivity contribution in [3.63, 3.8) is 0 Å². The van der Waals surface area contributed by atoms with Gasteiger partial charge in [-0.1, -0.05) is 54.6 Å². The third kappa shape index (κ3) is 5.65. The van der Waals surface area contributed by atoms with Crippen molar-refractivity contribution in [3.05, 3.63) is 91.0 Å². The molecule has 9 rings (SSSR count). The average Bonchev–Trinajstić information content (AvgIpc) is 3.10. The van der Waals surface area contributed by atoms with Gasteiger partial charge in [-0.05, 0) is 106 Å². The van der Waals surface area contributed by atoms with Crippen molar-refractivity contribution in [1.29, 1.82) is 0 Å². The van der Waals surface area contributed by atoms with Gasteiger partial charge in [-0.25, -0.2) is 0 Å². The van der Waals surface area contributed by atoms with Gasteiger partial charge in [-0.3, -0.25) is 4.79 Å². The van der Waals surface area contributed by atoms with Crippen molar-refractivity contribution in [2.45, 2.75) is 82.2 Å². The summed E-state index contributed by atoms with van der Waals surface area (Å²) in [4.78, 5) is 37.8. The molecule has 1 aliphatic heterocycles. The van der Waals surface area contributed by atoms with Crippen LogP contribution >= 0.6 is 7.26 Å². The second kappa shape index (κ2) is 12.8. The molecule has 3 aromatic carbocycles. The second-order valence-electron chi connectivity index (χ2n) is 14.7. The number of carbonyl (C=O) groups excluding carboxylic acids is 1. The molecule has 1 amide bonds. The smallest absolute Gasteiger partial charge is 0.239 e. The fourth-order valence-corrected chi connectivity index (χ4v) is 14.0. The molecule has 242 valence electrons. The summed E-state index contributed by atoms with van der Waals surface area (Å²) < 4.78 is 0. The van der Waals surface area contributed by atoms with Gasteiger partial charge in [0.15, 0.2) is 0 Å². The summed E-state index contributed by atoms with van der Waals surface area (Å²) in [5.74, 6) is 1.28. The molecule has 1 saturated heterocycles. The molecule has 0 atom stereocenters. The van der Waals surface area contributed by atoms with Crippen LogP contribution < -0.4 is 21.2 Å². The number of hydrogen-bond donors (Lipinski definition) is 1. The molecule has 6 nitrogen and oxygen atoms in total. The van der Waals surface area contributed by atoms with Crippen molar-refractivity contribution in [2.24, 2.45) is 29.6 Å². The van der Waals surface area contributed by atoms with Gasteiger partial charge >= 0.3 is 0 Å². The topological polar surface area (TPSA) is 66.0 Å². The highest BCUT2D eigenvalue weighted by Crippen LogP contribution is 2.62. The van der Waals surface area contributed by atoms with Gasteiger partial charge in [0.2, 0.25) is 17.5 Å². The first-order chi connectivity index (χ1) is 22.6. The first-order valence-corrected chi connectivity index (χ1v) is 19.6. The fraction of sp³-hybridized carbons (Fsp3) is 0.513. The van der Waals surface area contributed by atoms with E-state index < -0.39 is 18.8 Å². The van der Waals surface area contributed by atoms with Gasteiger partial charge < -0.3 is 5.32 Å². The van der Waals surface area contributed by atoms with Crippen molar-refractivity contribution in [3.8, 4) is 0 Å². The first kappa shape index (κ1) is 30.7. The quantitative estimate of drug-likeness (QED) is 0.158. The van der Waals surface area contributed by atoms with Crippen LogP contribution in [-0.2, 0) is 24.3 Å². The minimum Gasteiger partial charge on any atom is -0.356 e. The number of hydrogen-bond acceptors (Lipinski definition) is 5. The standard InChI is InChI=1S/C39H46NO5P/c41-37(28-29-17-19-38(20-18-29)42-44-39(45-43-38)32-24-30-23-31(26-32)27-33(39)25-30)40-21-10-22-46(34-11-4-1-5-12-34,35-13-6-2-7-14-35)36-15-8-3-9-16-36/h1-9,11-16,29-33H,10,17-28H2/p+1. The van der Waals surface area contributed by atoms with Crippen LogP contribution in [0.25, 0.3) is 0 Å².